The molecule has 6 nitrogen and oxygen atoms in total. The maximum absolute atomic E-state index is 13.4. The number of piperidine rings is 1. The lowest BCUT2D eigenvalue weighted by Gasteiger charge is -2.48. The monoisotopic (exact) mass is 467 g/mol. The summed E-state index contributed by atoms with van der Waals surface area (Å²) >= 11 is 0. The van der Waals surface area contributed by atoms with Gasteiger partial charge in [0.1, 0.15) is 16.9 Å². The van der Waals surface area contributed by atoms with Gasteiger partial charge in [0.15, 0.2) is 0 Å². The summed E-state index contributed by atoms with van der Waals surface area (Å²) < 4.78 is 6.27. The highest BCUT2D eigenvalue weighted by Gasteiger charge is 2.63. The highest BCUT2D eigenvalue weighted by molar-refractivity contribution is 5.74. The number of likely N-dealkylation sites (tertiary alicyclic amines) is 1. The second-order valence-corrected chi connectivity index (χ2v) is 9.64. The van der Waals surface area contributed by atoms with Gasteiger partial charge in [-0.1, -0.05) is 54.6 Å². The Morgan fingerprint density at radius 1 is 0.914 bits per heavy atom. The number of aromatic hydroxyl groups is 1. The van der Waals surface area contributed by atoms with Crippen molar-refractivity contribution in [3.8, 4) is 11.8 Å². The lowest BCUT2D eigenvalue weighted by atomic mass is 9.70. The molecular weight excluding hydrogens is 438 g/mol. The number of nitrogens with zero attached hydrogens (tertiary/aromatic N) is 3. The second kappa shape index (κ2) is 9.09. The van der Waals surface area contributed by atoms with Gasteiger partial charge in [-0.15, -0.1) is 0 Å². The summed E-state index contributed by atoms with van der Waals surface area (Å²) in [5.74, 6) is 0.203. The molecule has 3 aromatic carbocycles. The minimum atomic E-state index is -0.635. The van der Waals surface area contributed by atoms with E-state index in [1.54, 1.807) is 12.1 Å². The van der Waals surface area contributed by atoms with Crippen molar-refractivity contribution in [1.29, 1.82) is 5.26 Å². The number of phenols is 1. The van der Waals surface area contributed by atoms with Crippen LogP contribution in [0, 0.1) is 11.3 Å². The quantitative estimate of drug-likeness (QED) is 0.560. The first-order valence-corrected chi connectivity index (χ1v) is 12.0. The summed E-state index contributed by atoms with van der Waals surface area (Å²) in [7, 11) is 0. The molecule has 0 saturated carbocycles. The lowest BCUT2D eigenvalue weighted by molar-refractivity contribution is -0.0614. The summed E-state index contributed by atoms with van der Waals surface area (Å²) in [5.41, 5.74) is 2.56. The van der Waals surface area contributed by atoms with Crippen LogP contribution in [-0.4, -0.2) is 39.7 Å². The summed E-state index contributed by atoms with van der Waals surface area (Å²) in [5, 5.41) is 18.7. The molecule has 1 N–H and O–H groups in total. The van der Waals surface area contributed by atoms with Gasteiger partial charge < -0.3 is 9.84 Å². The van der Waals surface area contributed by atoms with Gasteiger partial charge in [0, 0.05) is 32.5 Å². The predicted molar refractivity (Wildman–Crippen MR) is 132 cm³/mol. The molecule has 0 aliphatic carbocycles. The maximum Gasteiger partial charge on any atom is 0.411 e. The Kier molecular flexibility index (Phi) is 5.96. The molecule has 1 spiro atoms. The number of amides is 1. The van der Waals surface area contributed by atoms with Gasteiger partial charge in [-0.25, -0.2) is 4.79 Å². The van der Waals surface area contributed by atoms with Crippen LogP contribution in [0.25, 0.3) is 0 Å². The van der Waals surface area contributed by atoms with E-state index < -0.39 is 11.1 Å². The van der Waals surface area contributed by atoms with Crippen LogP contribution in [0.1, 0.15) is 42.0 Å². The van der Waals surface area contributed by atoms with Crippen LogP contribution in [0.4, 0.5) is 4.79 Å². The smallest absolute Gasteiger partial charge is 0.411 e. The Hall–Kier alpha value is -3.82. The molecule has 0 bridgehead atoms. The minimum absolute atomic E-state index is 0.203. The molecule has 178 valence electrons. The Morgan fingerprint density at radius 3 is 2.14 bits per heavy atom. The largest absolute Gasteiger partial charge is 0.508 e. The molecule has 0 radical (unpaired) electrons. The van der Waals surface area contributed by atoms with Crippen molar-refractivity contribution >= 4 is 6.09 Å². The summed E-state index contributed by atoms with van der Waals surface area (Å²) in [6, 6.07) is 27.0. The van der Waals surface area contributed by atoms with Crippen LogP contribution in [0.2, 0.25) is 0 Å². The first-order valence-electron chi connectivity index (χ1n) is 12.0. The summed E-state index contributed by atoms with van der Waals surface area (Å²) in [4.78, 5) is 17.6. The number of carbonyl (C=O) groups is 1. The zero-order valence-electron chi connectivity index (χ0n) is 19.9. The highest BCUT2D eigenvalue weighted by atomic mass is 16.6. The molecule has 5 rings (SSSR count). The van der Waals surface area contributed by atoms with Crippen LogP contribution in [0.5, 0.6) is 5.75 Å². The lowest BCUT2D eigenvalue weighted by Crippen LogP contribution is -2.58. The Morgan fingerprint density at radius 2 is 1.51 bits per heavy atom. The van der Waals surface area contributed by atoms with Crippen LogP contribution in [-0.2, 0) is 23.4 Å². The van der Waals surface area contributed by atoms with Crippen molar-refractivity contribution in [3.05, 3.63) is 101 Å². The fourth-order valence-electron chi connectivity index (χ4n) is 5.54. The van der Waals surface area contributed by atoms with E-state index in [1.807, 2.05) is 59.5 Å². The first-order chi connectivity index (χ1) is 16.9. The van der Waals surface area contributed by atoms with Gasteiger partial charge in [0.25, 0.3) is 0 Å². The molecule has 6 heteroatoms. The fraction of sp³-hybridized carbons (Fsp3) is 0.310. The molecular formula is C29H29N3O3. The van der Waals surface area contributed by atoms with Crippen LogP contribution < -0.4 is 0 Å². The number of benzene rings is 3. The van der Waals surface area contributed by atoms with Gasteiger partial charge in [0.2, 0.25) is 0 Å². The number of carbonyl (C=O) groups excluding carboxylic acids is 1. The van der Waals surface area contributed by atoms with Crippen LogP contribution in [0.3, 0.4) is 0 Å². The van der Waals surface area contributed by atoms with Crippen molar-refractivity contribution < 1.29 is 14.6 Å². The average Bonchev–Trinajstić information content (AvgIpc) is 3.09. The maximum atomic E-state index is 13.4. The Labute approximate surface area is 206 Å². The molecule has 35 heavy (non-hydrogen) atoms. The zero-order chi connectivity index (χ0) is 24.5. The molecule has 1 atom stereocenters. The molecule has 2 fully saturated rings. The predicted octanol–water partition coefficient (Wildman–Crippen LogP) is 5.17. The van der Waals surface area contributed by atoms with E-state index in [2.05, 4.69) is 30.0 Å². The van der Waals surface area contributed by atoms with Gasteiger partial charge >= 0.3 is 6.09 Å². The van der Waals surface area contributed by atoms with E-state index in [4.69, 9.17) is 10.00 Å². The normalized spacial score (nSPS) is 21.6. The second-order valence-electron chi connectivity index (χ2n) is 9.64. The molecule has 1 amide bonds. The van der Waals surface area contributed by atoms with E-state index in [0.29, 0.717) is 12.1 Å². The molecule has 1 unspecified atom stereocenters. The standard InChI is InChI=1S/C29H29N3O3/c1-28(25-5-3-2-4-6-25)29(35-27(34)32(28)21-24-11-13-26(33)14-12-24)15-17-31(18-16-29)20-23-9-7-22(19-30)8-10-23/h2-14,33H,15-18,20-21H2,1H3. The SMILES string of the molecule is CC1(c2ccccc2)N(Cc2ccc(O)cc2)C(=O)OC12CCN(Cc1ccc(C#N)cc1)CC2. The highest BCUT2D eigenvalue weighted by Crippen LogP contribution is 2.52. The van der Waals surface area contributed by atoms with Gasteiger partial charge in [-0.3, -0.25) is 9.80 Å². The van der Waals surface area contributed by atoms with E-state index in [0.717, 1.165) is 43.6 Å². The molecule has 2 heterocycles. The average molecular weight is 468 g/mol. The minimum Gasteiger partial charge on any atom is -0.508 e. The van der Waals surface area contributed by atoms with Crippen molar-refractivity contribution in [2.45, 2.75) is 44.0 Å². The zero-order valence-corrected chi connectivity index (χ0v) is 19.9. The summed E-state index contributed by atoms with van der Waals surface area (Å²) in [6.45, 7) is 4.95. The van der Waals surface area contributed by atoms with Crippen LogP contribution in [0.15, 0.2) is 78.9 Å². The van der Waals surface area contributed by atoms with Crippen molar-refractivity contribution in [3.63, 3.8) is 0 Å². The molecule has 2 saturated heterocycles. The number of ether oxygens (including phenoxy) is 1. The van der Waals surface area contributed by atoms with Crippen LogP contribution >= 0.6 is 0 Å². The van der Waals surface area contributed by atoms with E-state index in [1.165, 1.54) is 5.56 Å². The fourth-order valence-corrected chi connectivity index (χ4v) is 5.54. The number of phenolic OH excluding ortho intramolecular Hbond substituents is 1. The van der Waals surface area contributed by atoms with Gasteiger partial charge in [-0.05, 0) is 47.9 Å². The molecule has 2 aliphatic rings. The number of hydrogen-bond acceptors (Lipinski definition) is 5. The Bertz CT molecular complexity index is 1230. The third-order valence-corrected chi connectivity index (χ3v) is 7.70. The summed E-state index contributed by atoms with van der Waals surface area (Å²) in [6.07, 6.45) is 1.16. The number of hydrogen-bond donors (Lipinski definition) is 1. The van der Waals surface area contributed by atoms with Gasteiger partial charge in [0.05, 0.1) is 18.2 Å². The number of rotatable bonds is 5. The van der Waals surface area contributed by atoms with E-state index in [9.17, 15) is 9.90 Å². The third-order valence-electron chi connectivity index (χ3n) is 7.70. The van der Waals surface area contributed by atoms with Crippen molar-refractivity contribution in [2.24, 2.45) is 0 Å². The molecule has 0 aromatic heterocycles. The topological polar surface area (TPSA) is 76.8 Å². The van der Waals surface area contributed by atoms with E-state index in [-0.39, 0.29) is 11.8 Å². The Balaban J connectivity index is 1.41. The first kappa shape index (κ1) is 22.9. The van der Waals surface area contributed by atoms with Crippen molar-refractivity contribution in [1.82, 2.24) is 9.80 Å². The molecule has 2 aliphatic heterocycles. The van der Waals surface area contributed by atoms with E-state index >= 15 is 0 Å². The third kappa shape index (κ3) is 4.13. The van der Waals surface area contributed by atoms with Gasteiger partial charge in [-0.2, -0.15) is 5.26 Å². The van der Waals surface area contributed by atoms with Crippen molar-refractivity contribution in [2.75, 3.05) is 13.1 Å². The molecule has 3 aromatic rings. The number of nitriles is 1.